The summed E-state index contributed by atoms with van der Waals surface area (Å²) in [6.45, 7) is -0.220. The molecule has 0 aliphatic rings. The van der Waals surface area contributed by atoms with E-state index in [4.69, 9.17) is 10.00 Å². The van der Waals surface area contributed by atoms with Gasteiger partial charge in [0.25, 0.3) is 5.56 Å². The highest BCUT2D eigenvalue weighted by atomic mass is 32.1. The molecule has 36 heavy (non-hydrogen) atoms. The number of halogens is 4. The number of benzene rings is 1. The number of rotatable bonds is 5. The summed E-state index contributed by atoms with van der Waals surface area (Å²) in [5.74, 6) is -0.964. The van der Waals surface area contributed by atoms with E-state index in [0.29, 0.717) is 10.6 Å². The smallest absolute Gasteiger partial charge is 0.418 e. The van der Waals surface area contributed by atoms with Crippen LogP contribution in [0.25, 0.3) is 26.3 Å². The van der Waals surface area contributed by atoms with Crippen LogP contribution in [0.1, 0.15) is 17.5 Å². The fourth-order valence-corrected chi connectivity index (χ4v) is 4.80. The van der Waals surface area contributed by atoms with E-state index >= 15 is 0 Å². The van der Waals surface area contributed by atoms with Gasteiger partial charge in [0.1, 0.15) is 4.70 Å². The number of fused-ring (bicyclic) bond motifs is 1. The van der Waals surface area contributed by atoms with E-state index in [2.05, 4.69) is 4.98 Å². The van der Waals surface area contributed by atoms with Crippen molar-refractivity contribution < 1.29 is 22.3 Å². The molecule has 0 bridgehead atoms. The van der Waals surface area contributed by atoms with E-state index in [1.165, 1.54) is 19.2 Å². The Hall–Kier alpha value is -4.49. The summed E-state index contributed by atoms with van der Waals surface area (Å²) < 4.78 is 61.4. The van der Waals surface area contributed by atoms with Crippen LogP contribution in [0.3, 0.4) is 0 Å². The molecule has 0 amide bonds. The molecule has 0 saturated carbocycles. The second-order valence-electron chi connectivity index (χ2n) is 7.34. The quantitative estimate of drug-likeness (QED) is 0.368. The summed E-state index contributed by atoms with van der Waals surface area (Å²) in [6, 6.07) is 7.95. The molecule has 0 radical (unpaired) electrons. The Kier molecular flexibility index (Phi) is 6.35. The van der Waals surface area contributed by atoms with E-state index in [1.807, 2.05) is 12.1 Å². The van der Waals surface area contributed by atoms with Gasteiger partial charge in [-0.2, -0.15) is 23.7 Å². The van der Waals surface area contributed by atoms with Crippen LogP contribution in [0.2, 0.25) is 0 Å². The zero-order valence-electron chi connectivity index (χ0n) is 18.3. The van der Waals surface area contributed by atoms with Crippen LogP contribution in [0, 0.1) is 28.5 Å². The normalized spacial score (nSPS) is 11.3. The van der Waals surface area contributed by atoms with Crippen LogP contribution < -0.4 is 16.0 Å². The van der Waals surface area contributed by atoms with Gasteiger partial charge in [0.05, 0.1) is 54.2 Å². The number of ether oxygens (including phenoxy) is 1. The molecule has 1 aromatic carbocycles. The molecule has 182 valence electrons. The van der Waals surface area contributed by atoms with Gasteiger partial charge in [0.2, 0.25) is 0 Å². The molecule has 0 N–H and O–H groups in total. The van der Waals surface area contributed by atoms with E-state index in [-0.39, 0.29) is 44.9 Å². The molecule has 4 aromatic rings. The largest absolute Gasteiger partial charge is 0.494 e. The van der Waals surface area contributed by atoms with Gasteiger partial charge in [-0.05, 0) is 24.3 Å². The molecule has 3 heterocycles. The predicted octanol–water partition coefficient (Wildman–Crippen LogP) is 4.23. The van der Waals surface area contributed by atoms with E-state index < -0.39 is 34.5 Å². The summed E-state index contributed by atoms with van der Waals surface area (Å²) in [7, 11) is 1.23. The van der Waals surface area contributed by atoms with Crippen molar-refractivity contribution in [1.29, 1.82) is 10.5 Å². The standard InChI is InChI=1S/C23H13F4N5O3S/c1-35-18-8-13(12(10-29)7-15(18)24)19-9-16-20(36-19)21(33)32(22(34)31(16)6-2-4-28)17-11-30-5-3-14(17)23(25,26)27/h3,5,7-9,11H,2,6H2,1H3. The number of thiophene rings is 1. The third kappa shape index (κ3) is 4.10. The first-order valence-electron chi connectivity index (χ1n) is 10.1. The Morgan fingerprint density at radius 1 is 1.19 bits per heavy atom. The van der Waals surface area contributed by atoms with Gasteiger partial charge in [-0.15, -0.1) is 11.3 Å². The first-order valence-corrected chi connectivity index (χ1v) is 10.9. The van der Waals surface area contributed by atoms with Gasteiger partial charge in [0, 0.05) is 23.2 Å². The number of nitrogens with zero attached hydrogens (tertiary/aromatic N) is 5. The molecular weight excluding hydrogens is 502 g/mol. The summed E-state index contributed by atoms with van der Waals surface area (Å²) >= 11 is 0.803. The third-order valence-corrected chi connectivity index (χ3v) is 6.44. The average Bonchev–Trinajstić information content (AvgIpc) is 3.29. The van der Waals surface area contributed by atoms with Gasteiger partial charge in [-0.3, -0.25) is 14.3 Å². The first-order chi connectivity index (χ1) is 17.1. The van der Waals surface area contributed by atoms with Crippen LogP contribution in [0.15, 0.2) is 46.2 Å². The Bertz CT molecular complexity index is 1710. The van der Waals surface area contributed by atoms with Crippen molar-refractivity contribution in [3.63, 3.8) is 0 Å². The molecule has 0 spiro atoms. The van der Waals surface area contributed by atoms with Crippen molar-refractivity contribution in [2.45, 2.75) is 19.1 Å². The van der Waals surface area contributed by atoms with Crippen LogP contribution in [0.4, 0.5) is 17.6 Å². The molecule has 0 aliphatic carbocycles. The van der Waals surface area contributed by atoms with Crippen LogP contribution in [0.5, 0.6) is 5.75 Å². The molecule has 0 unspecified atom stereocenters. The monoisotopic (exact) mass is 515 g/mol. The average molecular weight is 515 g/mol. The van der Waals surface area contributed by atoms with Gasteiger partial charge in [-0.25, -0.2) is 13.8 Å². The molecular formula is C23H13F4N5O3S. The van der Waals surface area contributed by atoms with Crippen molar-refractivity contribution in [2.75, 3.05) is 7.11 Å². The van der Waals surface area contributed by atoms with Crippen LogP contribution in [-0.4, -0.2) is 21.2 Å². The third-order valence-electron chi connectivity index (χ3n) is 5.29. The number of aromatic nitrogens is 3. The second-order valence-corrected chi connectivity index (χ2v) is 8.39. The van der Waals surface area contributed by atoms with Gasteiger partial charge >= 0.3 is 11.9 Å². The lowest BCUT2D eigenvalue weighted by molar-refractivity contribution is -0.137. The maximum absolute atomic E-state index is 14.1. The topological polar surface area (TPSA) is 114 Å². The van der Waals surface area contributed by atoms with E-state index in [0.717, 1.165) is 34.4 Å². The summed E-state index contributed by atoms with van der Waals surface area (Å²) in [5, 5.41) is 18.5. The molecule has 8 nitrogen and oxygen atoms in total. The minimum atomic E-state index is -4.89. The fraction of sp³-hybridized carbons (Fsp3) is 0.174. The number of nitriles is 2. The predicted molar refractivity (Wildman–Crippen MR) is 121 cm³/mol. The maximum Gasteiger partial charge on any atom is 0.418 e. The lowest BCUT2D eigenvalue weighted by atomic mass is 10.1. The van der Waals surface area contributed by atoms with Crippen molar-refractivity contribution in [3.8, 4) is 34.0 Å². The number of alkyl halides is 3. The zero-order valence-corrected chi connectivity index (χ0v) is 19.1. The van der Waals surface area contributed by atoms with Crippen molar-refractivity contribution >= 4 is 21.6 Å². The van der Waals surface area contributed by atoms with Crippen LogP contribution in [-0.2, 0) is 12.7 Å². The minimum absolute atomic E-state index is 0.0566. The number of pyridine rings is 1. The minimum Gasteiger partial charge on any atom is -0.494 e. The van der Waals surface area contributed by atoms with E-state index in [1.54, 1.807) is 0 Å². The maximum atomic E-state index is 14.1. The number of hydrogen-bond donors (Lipinski definition) is 0. The highest BCUT2D eigenvalue weighted by Gasteiger charge is 2.35. The molecule has 0 saturated heterocycles. The number of methoxy groups -OCH3 is 1. The number of hydrogen-bond acceptors (Lipinski definition) is 7. The first kappa shape index (κ1) is 24.6. The molecule has 4 rings (SSSR count). The SMILES string of the molecule is COc1cc(-c2cc3c(s2)c(=O)n(-c2cnccc2C(F)(F)F)c(=O)n3CCC#N)c(C#N)cc1F. The molecule has 3 aromatic heterocycles. The summed E-state index contributed by atoms with van der Waals surface area (Å²) in [5.41, 5.74) is -3.97. The van der Waals surface area contributed by atoms with Gasteiger partial charge in [-0.1, -0.05) is 0 Å². The van der Waals surface area contributed by atoms with E-state index in [9.17, 15) is 32.4 Å². The lowest BCUT2D eigenvalue weighted by Crippen LogP contribution is -2.39. The zero-order chi connectivity index (χ0) is 26.2. The van der Waals surface area contributed by atoms with Crippen LogP contribution >= 0.6 is 11.3 Å². The lowest BCUT2D eigenvalue weighted by Gasteiger charge is -2.15. The second kappa shape index (κ2) is 9.28. The highest BCUT2D eigenvalue weighted by molar-refractivity contribution is 7.22. The van der Waals surface area contributed by atoms with Gasteiger partial charge in [0.15, 0.2) is 11.6 Å². The fourth-order valence-electron chi connectivity index (χ4n) is 3.68. The Morgan fingerprint density at radius 3 is 2.58 bits per heavy atom. The molecule has 13 heteroatoms. The van der Waals surface area contributed by atoms with Crippen molar-refractivity contribution in [1.82, 2.24) is 14.1 Å². The Labute approximate surface area is 203 Å². The Balaban J connectivity index is 2.10. The Morgan fingerprint density at radius 2 is 1.94 bits per heavy atom. The molecule has 0 fully saturated rings. The van der Waals surface area contributed by atoms with Crippen molar-refractivity contribution in [3.05, 3.63) is 74.4 Å². The highest BCUT2D eigenvalue weighted by Crippen LogP contribution is 2.37. The number of aryl methyl sites for hydroxylation is 1. The van der Waals surface area contributed by atoms with Gasteiger partial charge < -0.3 is 4.74 Å². The summed E-state index contributed by atoms with van der Waals surface area (Å²) in [6.07, 6.45) is -3.41. The summed E-state index contributed by atoms with van der Waals surface area (Å²) in [4.78, 5) is 30.6. The van der Waals surface area contributed by atoms with Crippen molar-refractivity contribution in [2.24, 2.45) is 0 Å². The molecule has 0 aliphatic heterocycles. The molecule has 0 atom stereocenters.